The largest absolute Gasteiger partial charge is 0.331 e. The van der Waals surface area contributed by atoms with Crippen molar-refractivity contribution in [1.29, 1.82) is 0 Å². The van der Waals surface area contributed by atoms with Crippen molar-refractivity contribution in [3.63, 3.8) is 0 Å². The van der Waals surface area contributed by atoms with Crippen LogP contribution in [0.1, 0.15) is 32.1 Å². The molecule has 17 heavy (non-hydrogen) atoms. The molecule has 0 amide bonds. The molecule has 0 rings (SSSR count). The number of halogens is 2. The molecule has 0 atom stereocenters. The summed E-state index contributed by atoms with van der Waals surface area (Å²) >= 11 is 7.58. The van der Waals surface area contributed by atoms with Crippen LogP contribution in [-0.2, 0) is 0 Å². The Bertz CT molecular complexity index is 214. The first-order valence-corrected chi connectivity index (χ1v) is 8.04. The van der Waals surface area contributed by atoms with Crippen molar-refractivity contribution in [2.75, 3.05) is 48.8 Å². The van der Waals surface area contributed by atoms with Crippen molar-refractivity contribution in [1.82, 2.24) is 0 Å². The Morgan fingerprint density at radius 2 is 1.24 bits per heavy atom. The van der Waals surface area contributed by atoms with Crippen LogP contribution >= 0.6 is 31.9 Å². The predicted molar refractivity (Wildman–Crippen MR) is 84.6 cm³/mol. The molecule has 0 saturated carbocycles. The van der Waals surface area contributed by atoms with Crippen molar-refractivity contribution < 1.29 is 8.97 Å². The third-order valence-electron chi connectivity index (χ3n) is 3.04. The Morgan fingerprint density at radius 3 is 1.65 bits per heavy atom. The van der Waals surface area contributed by atoms with Crippen molar-refractivity contribution in [3.8, 4) is 0 Å². The molecule has 0 aliphatic heterocycles. The topological polar surface area (TPSA) is 0 Å². The third-order valence-corrected chi connectivity index (χ3v) is 5.96. The lowest BCUT2D eigenvalue weighted by Crippen LogP contribution is -2.48. The minimum absolute atomic E-state index is 0.0279. The van der Waals surface area contributed by atoms with Gasteiger partial charge in [-0.1, -0.05) is 6.42 Å². The highest BCUT2D eigenvalue weighted by Gasteiger charge is 2.36. The fourth-order valence-corrected chi connectivity index (χ4v) is 2.17. The highest BCUT2D eigenvalue weighted by Crippen LogP contribution is 2.38. The first-order valence-electron chi connectivity index (χ1n) is 6.45. The second-order valence-corrected chi connectivity index (χ2v) is 10.5. The second kappa shape index (κ2) is 6.88. The number of quaternary nitrogens is 2. The SMILES string of the molecule is C[N+](C)(C)CCCCCCC(Br)(Br)[N+](C)(C)C. The Hall–Kier alpha value is 0.880. The molecule has 0 aliphatic carbocycles. The van der Waals surface area contributed by atoms with Gasteiger partial charge in [0.15, 0.2) is 0 Å². The van der Waals surface area contributed by atoms with E-state index in [9.17, 15) is 0 Å². The van der Waals surface area contributed by atoms with Crippen LogP contribution in [0.2, 0.25) is 0 Å². The van der Waals surface area contributed by atoms with Crippen molar-refractivity contribution in [3.05, 3.63) is 0 Å². The molecule has 0 spiro atoms. The molecular weight excluding hydrogens is 344 g/mol. The molecule has 0 fully saturated rings. The molecule has 0 bridgehead atoms. The van der Waals surface area contributed by atoms with Crippen LogP contribution in [0.3, 0.4) is 0 Å². The summed E-state index contributed by atoms with van der Waals surface area (Å²) in [5, 5.41) is 0. The number of nitrogens with zero attached hydrogens (tertiary/aromatic N) is 2. The van der Waals surface area contributed by atoms with Gasteiger partial charge in [-0.3, -0.25) is 0 Å². The Kier molecular flexibility index (Phi) is 7.23. The average Bonchev–Trinajstić information content (AvgIpc) is 2.07. The van der Waals surface area contributed by atoms with Gasteiger partial charge in [0.1, 0.15) is 0 Å². The lowest BCUT2D eigenvalue weighted by molar-refractivity contribution is -0.887. The number of hydrogen-bond acceptors (Lipinski definition) is 0. The Labute approximate surface area is 125 Å². The van der Waals surface area contributed by atoms with Gasteiger partial charge in [-0.25, -0.2) is 0 Å². The maximum atomic E-state index is 3.79. The molecule has 0 aliphatic rings. The van der Waals surface area contributed by atoms with Crippen LogP contribution in [0, 0.1) is 0 Å². The van der Waals surface area contributed by atoms with Gasteiger partial charge in [-0.15, -0.1) is 0 Å². The lowest BCUT2D eigenvalue weighted by atomic mass is 10.1. The molecule has 0 N–H and O–H groups in total. The van der Waals surface area contributed by atoms with Crippen LogP contribution in [0.5, 0.6) is 0 Å². The summed E-state index contributed by atoms with van der Waals surface area (Å²) in [6.07, 6.45) is 6.47. The van der Waals surface area contributed by atoms with E-state index in [1.165, 1.54) is 38.6 Å². The van der Waals surface area contributed by atoms with E-state index in [1.807, 2.05) is 0 Å². The molecule has 104 valence electrons. The zero-order valence-corrected chi connectivity index (χ0v) is 15.6. The van der Waals surface area contributed by atoms with E-state index in [2.05, 4.69) is 74.1 Å². The van der Waals surface area contributed by atoms with Gasteiger partial charge >= 0.3 is 0 Å². The van der Waals surface area contributed by atoms with Crippen LogP contribution < -0.4 is 0 Å². The molecule has 2 nitrogen and oxygen atoms in total. The fraction of sp³-hybridized carbons (Fsp3) is 1.00. The summed E-state index contributed by atoms with van der Waals surface area (Å²) in [4.78, 5) is 0. The molecule has 0 saturated heterocycles. The van der Waals surface area contributed by atoms with Gasteiger partial charge in [0.25, 0.3) is 0 Å². The second-order valence-electron chi connectivity index (χ2n) is 6.86. The van der Waals surface area contributed by atoms with E-state index >= 15 is 0 Å². The maximum Gasteiger partial charge on any atom is 0.208 e. The standard InChI is InChI=1S/C13H30Br2N2/c1-16(2,3)12-10-8-7-9-11-13(14,15)17(4,5)6/h7-12H2,1-6H3/q+2. The van der Waals surface area contributed by atoms with E-state index in [0.717, 1.165) is 8.97 Å². The Morgan fingerprint density at radius 1 is 0.765 bits per heavy atom. The van der Waals surface area contributed by atoms with Crippen LogP contribution in [0.4, 0.5) is 0 Å². The first kappa shape index (κ1) is 17.9. The van der Waals surface area contributed by atoms with Gasteiger partial charge in [0.2, 0.25) is 3.36 Å². The number of alkyl halides is 2. The maximum absolute atomic E-state index is 3.79. The van der Waals surface area contributed by atoms with E-state index < -0.39 is 0 Å². The zero-order chi connectivity index (χ0) is 13.7. The van der Waals surface area contributed by atoms with Gasteiger partial charge in [-0.2, -0.15) is 0 Å². The van der Waals surface area contributed by atoms with E-state index in [0.29, 0.717) is 0 Å². The molecule has 0 aromatic carbocycles. The van der Waals surface area contributed by atoms with E-state index in [4.69, 9.17) is 0 Å². The first-order chi connectivity index (χ1) is 7.46. The van der Waals surface area contributed by atoms with Crippen LogP contribution in [-0.4, -0.2) is 61.2 Å². The number of unbranched alkanes of at least 4 members (excludes halogenated alkanes) is 3. The van der Waals surface area contributed by atoms with E-state index in [1.54, 1.807) is 0 Å². The highest BCUT2D eigenvalue weighted by atomic mass is 79.9. The van der Waals surface area contributed by atoms with Crippen molar-refractivity contribution in [2.45, 2.75) is 35.5 Å². The zero-order valence-electron chi connectivity index (χ0n) is 12.4. The monoisotopic (exact) mass is 372 g/mol. The fourth-order valence-electron chi connectivity index (χ4n) is 1.61. The summed E-state index contributed by atoms with van der Waals surface area (Å²) in [7, 11) is 13.4. The van der Waals surface area contributed by atoms with Crippen molar-refractivity contribution >= 4 is 31.9 Å². The summed E-state index contributed by atoms with van der Waals surface area (Å²) in [5.74, 6) is 0. The molecule has 0 unspecified atom stereocenters. The predicted octanol–water partition coefficient (Wildman–Crippen LogP) is 3.79. The molecular formula is C13H30Br2N2+2. The third kappa shape index (κ3) is 8.57. The summed E-state index contributed by atoms with van der Waals surface area (Å²) in [5.41, 5.74) is 0. The van der Waals surface area contributed by atoms with Gasteiger partial charge in [-0.05, 0) is 51.1 Å². The molecule has 0 heterocycles. The lowest BCUT2D eigenvalue weighted by Gasteiger charge is -2.37. The van der Waals surface area contributed by atoms with Crippen molar-refractivity contribution in [2.24, 2.45) is 0 Å². The minimum atomic E-state index is 0.0279. The summed E-state index contributed by atoms with van der Waals surface area (Å²) < 4.78 is 2.01. The molecule has 0 radical (unpaired) electrons. The normalized spacial score (nSPS) is 14.1. The van der Waals surface area contributed by atoms with Crippen LogP contribution in [0.25, 0.3) is 0 Å². The quantitative estimate of drug-likeness (QED) is 0.263. The highest BCUT2D eigenvalue weighted by molar-refractivity contribution is 9.25. The van der Waals surface area contributed by atoms with Gasteiger partial charge in [0.05, 0.1) is 48.8 Å². The Balaban J connectivity index is 3.66. The molecule has 4 heteroatoms. The number of rotatable bonds is 8. The molecule has 0 aromatic heterocycles. The summed E-state index contributed by atoms with van der Waals surface area (Å²) in [6.45, 7) is 1.28. The van der Waals surface area contributed by atoms with Gasteiger partial charge < -0.3 is 8.97 Å². The van der Waals surface area contributed by atoms with Crippen LogP contribution in [0.15, 0.2) is 0 Å². The summed E-state index contributed by atoms with van der Waals surface area (Å²) in [6, 6.07) is 0. The molecule has 0 aromatic rings. The smallest absolute Gasteiger partial charge is 0.208 e. The number of hydrogen-bond donors (Lipinski definition) is 0. The minimum Gasteiger partial charge on any atom is -0.331 e. The van der Waals surface area contributed by atoms with Gasteiger partial charge in [0, 0.05) is 6.42 Å². The van der Waals surface area contributed by atoms with E-state index in [-0.39, 0.29) is 3.36 Å². The average molecular weight is 374 g/mol.